The first-order valence-electron chi connectivity index (χ1n) is 8.51. The maximum atomic E-state index is 12.2. The molecule has 0 spiro atoms. The van der Waals surface area contributed by atoms with Gasteiger partial charge in [-0.2, -0.15) is 0 Å². The van der Waals surface area contributed by atoms with E-state index in [0.717, 1.165) is 25.2 Å². The third kappa shape index (κ3) is 5.33. The molecule has 0 saturated heterocycles. The van der Waals surface area contributed by atoms with Gasteiger partial charge >= 0.3 is 0 Å². The lowest BCUT2D eigenvalue weighted by Gasteiger charge is -2.08. The summed E-state index contributed by atoms with van der Waals surface area (Å²) in [7, 11) is 0. The van der Waals surface area contributed by atoms with Gasteiger partial charge in [-0.25, -0.2) is 4.98 Å². The Kier molecular flexibility index (Phi) is 6.23. The number of rotatable bonds is 7. The van der Waals surface area contributed by atoms with Gasteiger partial charge in [-0.15, -0.1) is 0 Å². The van der Waals surface area contributed by atoms with Crippen molar-refractivity contribution in [2.24, 2.45) is 0 Å². The van der Waals surface area contributed by atoms with E-state index in [-0.39, 0.29) is 5.91 Å². The van der Waals surface area contributed by atoms with E-state index in [0.29, 0.717) is 16.3 Å². The molecular weight excluding hydrogens is 346 g/mol. The average Bonchev–Trinajstić information content (AvgIpc) is 2.66. The summed E-state index contributed by atoms with van der Waals surface area (Å²) in [6.45, 7) is 0.829. The minimum Gasteiger partial charge on any atom is -0.370 e. The van der Waals surface area contributed by atoms with Crippen LogP contribution in [-0.2, 0) is 6.42 Å². The highest BCUT2D eigenvalue weighted by Crippen LogP contribution is 2.16. The van der Waals surface area contributed by atoms with E-state index in [1.54, 1.807) is 36.5 Å². The fraction of sp³-hybridized carbons (Fsp3) is 0.143. The second-order valence-corrected chi connectivity index (χ2v) is 6.35. The monoisotopic (exact) mass is 365 g/mol. The van der Waals surface area contributed by atoms with Crippen molar-refractivity contribution >= 4 is 29.0 Å². The van der Waals surface area contributed by atoms with Gasteiger partial charge in [0.2, 0.25) is 0 Å². The van der Waals surface area contributed by atoms with Crippen LogP contribution in [0.25, 0.3) is 0 Å². The number of carbonyl (C=O) groups is 1. The average molecular weight is 366 g/mol. The summed E-state index contributed by atoms with van der Waals surface area (Å²) in [5, 5.41) is 6.66. The smallest absolute Gasteiger partial charge is 0.257 e. The summed E-state index contributed by atoms with van der Waals surface area (Å²) >= 11 is 5.92. The van der Waals surface area contributed by atoms with E-state index in [1.807, 2.05) is 12.1 Å². The number of benzene rings is 2. The van der Waals surface area contributed by atoms with Gasteiger partial charge in [0.1, 0.15) is 5.82 Å². The first kappa shape index (κ1) is 18.0. The van der Waals surface area contributed by atoms with Gasteiger partial charge in [-0.05, 0) is 48.7 Å². The fourth-order valence-electron chi connectivity index (χ4n) is 2.56. The second kappa shape index (κ2) is 9.02. The van der Waals surface area contributed by atoms with Crippen LogP contribution in [0.2, 0.25) is 5.02 Å². The first-order chi connectivity index (χ1) is 12.7. The standard InChI is InChI=1S/C21H20ClN3O/c22-18-9-4-10-19(14-18)25-21(26)17-11-12-20(24-15-17)23-13-5-8-16-6-2-1-3-7-16/h1-4,6-7,9-12,14-15H,5,8,13H2,(H,23,24)(H,25,26). The highest BCUT2D eigenvalue weighted by molar-refractivity contribution is 6.30. The summed E-state index contributed by atoms with van der Waals surface area (Å²) in [5.41, 5.74) is 2.49. The Labute approximate surface area is 158 Å². The van der Waals surface area contributed by atoms with Gasteiger partial charge in [0.05, 0.1) is 5.56 Å². The zero-order valence-corrected chi connectivity index (χ0v) is 15.0. The lowest BCUT2D eigenvalue weighted by Crippen LogP contribution is -2.12. The van der Waals surface area contributed by atoms with Crippen molar-refractivity contribution in [3.05, 3.63) is 89.1 Å². The Morgan fingerprint density at radius 3 is 2.58 bits per heavy atom. The van der Waals surface area contributed by atoms with Gasteiger partial charge in [-0.1, -0.05) is 48.0 Å². The molecule has 0 fully saturated rings. The molecule has 0 unspecified atom stereocenters. The molecular formula is C21H20ClN3O. The molecule has 26 heavy (non-hydrogen) atoms. The summed E-state index contributed by atoms with van der Waals surface area (Å²) < 4.78 is 0. The summed E-state index contributed by atoms with van der Waals surface area (Å²) in [5.74, 6) is 0.549. The van der Waals surface area contributed by atoms with Gasteiger partial charge in [0, 0.05) is 23.5 Å². The lowest BCUT2D eigenvalue weighted by molar-refractivity contribution is 0.102. The topological polar surface area (TPSA) is 54.0 Å². The summed E-state index contributed by atoms with van der Waals surface area (Å²) in [6, 6.07) is 21.0. The molecule has 5 heteroatoms. The van der Waals surface area contributed by atoms with Crippen LogP contribution in [0, 0.1) is 0 Å². The van der Waals surface area contributed by atoms with Crippen molar-refractivity contribution in [3.8, 4) is 0 Å². The van der Waals surface area contributed by atoms with E-state index in [9.17, 15) is 4.79 Å². The third-order valence-corrected chi connectivity index (χ3v) is 4.13. The Morgan fingerprint density at radius 2 is 1.85 bits per heavy atom. The minimum atomic E-state index is -0.213. The quantitative estimate of drug-likeness (QED) is 0.577. The number of nitrogens with zero attached hydrogens (tertiary/aromatic N) is 1. The second-order valence-electron chi connectivity index (χ2n) is 5.91. The van der Waals surface area contributed by atoms with Gasteiger partial charge in [0.15, 0.2) is 0 Å². The molecule has 2 aromatic carbocycles. The molecule has 2 N–H and O–H groups in total. The number of amides is 1. The van der Waals surface area contributed by atoms with E-state index in [4.69, 9.17) is 11.6 Å². The van der Waals surface area contributed by atoms with Crippen LogP contribution in [0.15, 0.2) is 72.9 Å². The van der Waals surface area contributed by atoms with Gasteiger partial charge in [-0.3, -0.25) is 4.79 Å². The maximum absolute atomic E-state index is 12.2. The zero-order chi connectivity index (χ0) is 18.2. The zero-order valence-electron chi connectivity index (χ0n) is 14.3. The molecule has 0 saturated carbocycles. The number of aromatic nitrogens is 1. The Bertz CT molecular complexity index is 851. The third-order valence-electron chi connectivity index (χ3n) is 3.90. The number of pyridine rings is 1. The number of carbonyl (C=O) groups excluding carboxylic acids is 1. The maximum Gasteiger partial charge on any atom is 0.257 e. The van der Waals surface area contributed by atoms with E-state index < -0.39 is 0 Å². The number of anilines is 2. The van der Waals surface area contributed by atoms with Crippen LogP contribution >= 0.6 is 11.6 Å². The molecule has 0 bridgehead atoms. The molecule has 1 heterocycles. The van der Waals surface area contributed by atoms with Crippen molar-refractivity contribution in [1.29, 1.82) is 0 Å². The SMILES string of the molecule is O=C(Nc1cccc(Cl)c1)c1ccc(NCCCc2ccccc2)nc1. The molecule has 3 aromatic rings. The normalized spacial score (nSPS) is 10.3. The van der Waals surface area contributed by atoms with Crippen LogP contribution in [0.3, 0.4) is 0 Å². The van der Waals surface area contributed by atoms with Gasteiger partial charge < -0.3 is 10.6 Å². The highest BCUT2D eigenvalue weighted by atomic mass is 35.5. The Balaban J connectivity index is 1.47. The van der Waals surface area contributed by atoms with Crippen molar-refractivity contribution in [2.45, 2.75) is 12.8 Å². The largest absolute Gasteiger partial charge is 0.370 e. The predicted molar refractivity (Wildman–Crippen MR) is 107 cm³/mol. The van der Waals surface area contributed by atoms with Crippen LogP contribution in [0.4, 0.5) is 11.5 Å². The minimum absolute atomic E-state index is 0.213. The highest BCUT2D eigenvalue weighted by Gasteiger charge is 2.07. The van der Waals surface area contributed by atoms with Crippen molar-refractivity contribution in [2.75, 3.05) is 17.2 Å². The summed E-state index contributed by atoms with van der Waals surface area (Å²) in [6.07, 6.45) is 3.61. The van der Waals surface area contributed by atoms with E-state index in [1.165, 1.54) is 5.56 Å². The van der Waals surface area contributed by atoms with Gasteiger partial charge in [0.25, 0.3) is 5.91 Å². The molecule has 0 radical (unpaired) electrons. The number of hydrogen-bond acceptors (Lipinski definition) is 3. The van der Waals surface area contributed by atoms with Crippen LogP contribution < -0.4 is 10.6 Å². The van der Waals surface area contributed by atoms with E-state index in [2.05, 4.69) is 39.9 Å². The predicted octanol–water partition coefficient (Wildman–Crippen LogP) is 5.03. The van der Waals surface area contributed by atoms with E-state index >= 15 is 0 Å². The molecule has 0 aliphatic rings. The molecule has 1 amide bonds. The molecule has 3 rings (SSSR count). The Hall–Kier alpha value is -2.85. The molecule has 0 aliphatic carbocycles. The van der Waals surface area contributed by atoms with Crippen LogP contribution in [0.1, 0.15) is 22.3 Å². The Morgan fingerprint density at radius 1 is 1.00 bits per heavy atom. The number of hydrogen-bond donors (Lipinski definition) is 2. The van der Waals surface area contributed by atoms with Crippen LogP contribution in [-0.4, -0.2) is 17.4 Å². The molecule has 132 valence electrons. The van der Waals surface area contributed by atoms with Crippen molar-refractivity contribution in [1.82, 2.24) is 4.98 Å². The molecule has 0 aliphatic heterocycles. The van der Waals surface area contributed by atoms with Crippen molar-refractivity contribution in [3.63, 3.8) is 0 Å². The number of halogens is 1. The van der Waals surface area contributed by atoms with Crippen molar-refractivity contribution < 1.29 is 4.79 Å². The number of nitrogens with one attached hydrogen (secondary N) is 2. The lowest BCUT2D eigenvalue weighted by atomic mass is 10.1. The summed E-state index contributed by atoms with van der Waals surface area (Å²) in [4.78, 5) is 16.5. The molecule has 1 aromatic heterocycles. The fourth-order valence-corrected chi connectivity index (χ4v) is 2.75. The number of aryl methyl sites for hydroxylation is 1. The van der Waals surface area contributed by atoms with Crippen LogP contribution in [0.5, 0.6) is 0 Å². The first-order valence-corrected chi connectivity index (χ1v) is 8.89. The molecule has 4 nitrogen and oxygen atoms in total. The molecule has 0 atom stereocenters.